The van der Waals surface area contributed by atoms with Crippen LogP contribution in [0.2, 0.25) is 5.02 Å². The van der Waals surface area contributed by atoms with Crippen molar-refractivity contribution in [2.45, 2.75) is 19.5 Å². The molecular weight excluding hydrogens is 237 g/mol. The zero-order chi connectivity index (χ0) is 10.6. The fourth-order valence-electron chi connectivity index (χ4n) is 0.992. The molecule has 0 aliphatic carbocycles. The number of nitrogens with one attached hydrogen (secondary N) is 1. The van der Waals surface area contributed by atoms with Gasteiger partial charge in [0.2, 0.25) is 0 Å². The van der Waals surface area contributed by atoms with Gasteiger partial charge in [-0.3, -0.25) is 4.79 Å². The maximum atomic E-state index is 10.5. The summed E-state index contributed by atoms with van der Waals surface area (Å²) in [4.78, 5) is 10.5. The number of halogens is 2. The highest BCUT2D eigenvalue weighted by Gasteiger charge is 2.09. The number of carboxylic acid groups (broad SMARTS) is 1. The van der Waals surface area contributed by atoms with Crippen LogP contribution in [0.5, 0.6) is 0 Å². The number of carbonyl (C=O) groups is 1. The molecule has 0 aliphatic heterocycles. The van der Waals surface area contributed by atoms with Crippen molar-refractivity contribution >= 4 is 30.0 Å². The molecule has 1 aromatic rings. The van der Waals surface area contributed by atoms with Crippen molar-refractivity contribution in [3.8, 4) is 0 Å². The van der Waals surface area contributed by atoms with Gasteiger partial charge in [0.1, 0.15) is 6.04 Å². The first-order chi connectivity index (χ1) is 6.61. The van der Waals surface area contributed by atoms with Gasteiger partial charge in [-0.25, -0.2) is 0 Å². The van der Waals surface area contributed by atoms with Gasteiger partial charge in [0.25, 0.3) is 0 Å². The minimum atomic E-state index is -0.864. The molecular formula is C10H13Cl2NO2. The van der Waals surface area contributed by atoms with Crippen molar-refractivity contribution in [3.63, 3.8) is 0 Å². The molecule has 1 rings (SSSR count). The van der Waals surface area contributed by atoms with Crippen molar-refractivity contribution in [2.75, 3.05) is 0 Å². The lowest BCUT2D eigenvalue weighted by atomic mass is 10.2. The topological polar surface area (TPSA) is 49.3 Å². The van der Waals surface area contributed by atoms with Crippen molar-refractivity contribution < 1.29 is 9.90 Å². The van der Waals surface area contributed by atoms with E-state index in [1.54, 1.807) is 13.0 Å². The van der Waals surface area contributed by atoms with E-state index in [-0.39, 0.29) is 12.4 Å². The summed E-state index contributed by atoms with van der Waals surface area (Å²) in [6, 6.07) is 6.79. The normalized spacial score (nSPS) is 11.6. The molecule has 0 saturated heterocycles. The standard InChI is InChI=1S/C10H12ClNO2.ClH/c1-7(10(13)14)12-6-8-4-2-3-5-9(8)11;/h2-5,7,12H,6H2,1H3,(H,13,14);1H. The molecule has 0 heterocycles. The second-order valence-corrected chi connectivity index (χ2v) is 3.44. The van der Waals surface area contributed by atoms with Crippen LogP contribution in [0.15, 0.2) is 24.3 Å². The summed E-state index contributed by atoms with van der Waals surface area (Å²) in [5.41, 5.74) is 0.905. The summed E-state index contributed by atoms with van der Waals surface area (Å²) >= 11 is 5.90. The van der Waals surface area contributed by atoms with E-state index in [0.29, 0.717) is 11.6 Å². The van der Waals surface area contributed by atoms with Gasteiger partial charge in [-0.2, -0.15) is 0 Å². The first-order valence-corrected chi connectivity index (χ1v) is 4.68. The van der Waals surface area contributed by atoms with Crippen LogP contribution in [0, 0.1) is 0 Å². The van der Waals surface area contributed by atoms with Crippen molar-refractivity contribution in [3.05, 3.63) is 34.9 Å². The van der Waals surface area contributed by atoms with Crippen LogP contribution in [-0.4, -0.2) is 17.1 Å². The van der Waals surface area contributed by atoms with Crippen LogP contribution >= 0.6 is 24.0 Å². The van der Waals surface area contributed by atoms with Gasteiger partial charge in [-0.15, -0.1) is 12.4 Å². The van der Waals surface area contributed by atoms with E-state index in [2.05, 4.69) is 5.32 Å². The third kappa shape index (κ3) is 4.51. The molecule has 1 unspecified atom stereocenters. The Morgan fingerprint density at radius 3 is 2.67 bits per heavy atom. The molecule has 84 valence electrons. The third-order valence-electron chi connectivity index (χ3n) is 1.93. The lowest BCUT2D eigenvalue weighted by Gasteiger charge is -2.09. The summed E-state index contributed by atoms with van der Waals surface area (Å²) < 4.78 is 0. The number of rotatable bonds is 4. The second-order valence-electron chi connectivity index (χ2n) is 3.03. The molecule has 0 bridgehead atoms. The summed E-state index contributed by atoms with van der Waals surface area (Å²) in [5.74, 6) is -0.864. The number of benzene rings is 1. The summed E-state index contributed by atoms with van der Waals surface area (Å²) in [6.45, 7) is 2.06. The SMILES string of the molecule is CC(NCc1ccccc1Cl)C(=O)O.Cl. The van der Waals surface area contributed by atoms with E-state index < -0.39 is 12.0 Å². The van der Waals surface area contributed by atoms with Gasteiger partial charge in [0.05, 0.1) is 0 Å². The molecule has 1 aromatic carbocycles. The first kappa shape index (κ1) is 14.2. The molecule has 0 aromatic heterocycles. The molecule has 0 fully saturated rings. The molecule has 0 spiro atoms. The number of hydrogen-bond acceptors (Lipinski definition) is 2. The molecule has 0 radical (unpaired) electrons. The Balaban J connectivity index is 0.00000196. The zero-order valence-electron chi connectivity index (χ0n) is 8.24. The van der Waals surface area contributed by atoms with Crippen LogP contribution < -0.4 is 5.32 Å². The number of aliphatic carboxylic acids is 1. The van der Waals surface area contributed by atoms with Gasteiger partial charge in [-0.1, -0.05) is 29.8 Å². The van der Waals surface area contributed by atoms with Crippen LogP contribution in [0.4, 0.5) is 0 Å². The lowest BCUT2D eigenvalue weighted by molar-refractivity contribution is -0.139. The largest absolute Gasteiger partial charge is 0.480 e. The number of carboxylic acids is 1. The van der Waals surface area contributed by atoms with Crippen LogP contribution in [-0.2, 0) is 11.3 Å². The second kappa shape index (κ2) is 6.67. The smallest absolute Gasteiger partial charge is 0.320 e. The Bertz CT molecular complexity index is 331. The van der Waals surface area contributed by atoms with E-state index >= 15 is 0 Å². The van der Waals surface area contributed by atoms with E-state index in [4.69, 9.17) is 16.7 Å². The molecule has 0 saturated carbocycles. The molecule has 2 N–H and O–H groups in total. The highest BCUT2D eigenvalue weighted by Crippen LogP contribution is 2.14. The van der Waals surface area contributed by atoms with Gasteiger partial charge < -0.3 is 10.4 Å². The van der Waals surface area contributed by atoms with E-state index in [1.807, 2.05) is 18.2 Å². The molecule has 5 heteroatoms. The van der Waals surface area contributed by atoms with Gasteiger partial charge in [0, 0.05) is 11.6 Å². The highest BCUT2D eigenvalue weighted by atomic mass is 35.5. The Morgan fingerprint density at radius 1 is 1.53 bits per heavy atom. The van der Waals surface area contributed by atoms with E-state index in [1.165, 1.54) is 0 Å². The maximum absolute atomic E-state index is 10.5. The summed E-state index contributed by atoms with van der Waals surface area (Å²) in [7, 11) is 0. The fourth-order valence-corrected chi connectivity index (χ4v) is 1.19. The van der Waals surface area contributed by atoms with Crippen molar-refractivity contribution in [2.24, 2.45) is 0 Å². The van der Waals surface area contributed by atoms with E-state index in [9.17, 15) is 4.79 Å². The first-order valence-electron chi connectivity index (χ1n) is 4.31. The van der Waals surface area contributed by atoms with Gasteiger partial charge >= 0.3 is 5.97 Å². The summed E-state index contributed by atoms with van der Waals surface area (Å²) in [5, 5.41) is 12.1. The Kier molecular flexibility index (Phi) is 6.32. The zero-order valence-corrected chi connectivity index (χ0v) is 9.81. The molecule has 1 atom stereocenters. The Morgan fingerprint density at radius 2 is 2.13 bits per heavy atom. The predicted octanol–water partition coefficient (Wildman–Crippen LogP) is 2.32. The molecule has 15 heavy (non-hydrogen) atoms. The van der Waals surface area contributed by atoms with Crippen molar-refractivity contribution in [1.82, 2.24) is 5.32 Å². The maximum Gasteiger partial charge on any atom is 0.320 e. The van der Waals surface area contributed by atoms with Gasteiger partial charge in [0.15, 0.2) is 0 Å². The monoisotopic (exact) mass is 249 g/mol. The number of hydrogen-bond donors (Lipinski definition) is 2. The predicted molar refractivity (Wildman–Crippen MR) is 62.6 cm³/mol. The Hall–Kier alpha value is -0.770. The van der Waals surface area contributed by atoms with Gasteiger partial charge in [-0.05, 0) is 18.6 Å². The average molecular weight is 250 g/mol. The summed E-state index contributed by atoms with van der Waals surface area (Å²) in [6.07, 6.45) is 0. The van der Waals surface area contributed by atoms with Crippen LogP contribution in [0.25, 0.3) is 0 Å². The Labute approximate surface area is 99.9 Å². The lowest BCUT2D eigenvalue weighted by Crippen LogP contribution is -2.33. The molecule has 3 nitrogen and oxygen atoms in total. The third-order valence-corrected chi connectivity index (χ3v) is 2.30. The quantitative estimate of drug-likeness (QED) is 0.862. The van der Waals surface area contributed by atoms with Crippen molar-refractivity contribution in [1.29, 1.82) is 0 Å². The highest BCUT2D eigenvalue weighted by molar-refractivity contribution is 6.31. The minimum absolute atomic E-state index is 0. The van der Waals surface area contributed by atoms with Crippen LogP contribution in [0.3, 0.4) is 0 Å². The minimum Gasteiger partial charge on any atom is -0.480 e. The average Bonchev–Trinajstić information content (AvgIpc) is 2.16. The van der Waals surface area contributed by atoms with Crippen LogP contribution in [0.1, 0.15) is 12.5 Å². The van der Waals surface area contributed by atoms with E-state index in [0.717, 1.165) is 5.56 Å². The molecule has 0 aliphatic rings. The molecule has 0 amide bonds. The fraction of sp³-hybridized carbons (Fsp3) is 0.300.